The van der Waals surface area contributed by atoms with Gasteiger partial charge in [0.25, 0.3) is 0 Å². The molecule has 98 valence electrons. The molecule has 1 aromatic carbocycles. The van der Waals surface area contributed by atoms with Gasteiger partial charge in [0.05, 0.1) is 18.5 Å². The van der Waals surface area contributed by atoms with Crippen LogP contribution in [0.5, 0.6) is 5.75 Å². The third kappa shape index (κ3) is 2.26. The Kier molecular flexibility index (Phi) is 3.31. The summed E-state index contributed by atoms with van der Waals surface area (Å²) in [6, 6.07) is 6.87. The van der Waals surface area contributed by atoms with Crippen LogP contribution in [0, 0.1) is 5.92 Å². The van der Waals surface area contributed by atoms with Crippen LogP contribution in [0.15, 0.2) is 18.2 Å². The highest BCUT2D eigenvalue weighted by Gasteiger charge is 2.26. The van der Waals surface area contributed by atoms with E-state index in [1.807, 2.05) is 6.07 Å². The number of nitrogens with one attached hydrogen (secondary N) is 2. The second-order valence-electron chi connectivity index (χ2n) is 5.44. The van der Waals surface area contributed by atoms with E-state index in [-0.39, 0.29) is 0 Å². The van der Waals surface area contributed by atoms with E-state index in [9.17, 15) is 0 Å². The number of methoxy groups -OCH3 is 1. The van der Waals surface area contributed by atoms with Crippen LogP contribution in [-0.2, 0) is 0 Å². The Balaban J connectivity index is 1.86. The molecular formula is C15H22N2O. The van der Waals surface area contributed by atoms with Crippen LogP contribution in [0.1, 0.15) is 32.1 Å². The van der Waals surface area contributed by atoms with Gasteiger partial charge in [0.1, 0.15) is 5.75 Å². The lowest BCUT2D eigenvalue weighted by atomic mass is 9.95. The third-order valence-electron chi connectivity index (χ3n) is 4.28. The minimum absolute atomic E-state index is 0.619. The summed E-state index contributed by atoms with van der Waals surface area (Å²) in [5.41, 5.74) is 2.41. The quantitative estimate of drug-likeness (QED) is 0.796. The van der Waals surface area contributed by atoms with Gasteiger partial charge in [-0.1, -0.05) is 19.3 Å². The first-order valence-corrected chi connectivity index (χ1v) is 7.05. The molecule has 0 amide bonds. The number of anilines is 2. The van der Waals surface area contributed by atoms with Gasteiger partial charge in [-0.15, -0.1) is 0 Å². The van der Waals surface area contributed by atoms with E-state index in [1.54, 1.807) is 7.11 Å². The normalized spacial score (nSPS) is 26.7. The highest BCUT2D eigenvalue weighted by atomic mass is 16.5. The van der Waals surface area contributed by atoms with Crippen molar-refractivity contribution in [1.82, 2.24) is 0 Å². The zero-order valence-electron chi connectivity index (χ0n) is 11.0. The molecule has 0 bridgehead atoms. The predicted molar refractivity (Wildman–Crippen MR) is 75.5 cm³/mol. The number of hydrogen-bond acceptors (Lipinski definition) is 3. The van der Waals surface area contributed by atoms with Crippen molar-refractivity contribution in [3.63, 3.8) is 0 Å². The summed E-state index contributed by atoms with van der Waals surface area (Å²) in [4.78, 5) is 0. The molecule has 2 N–H and O–H groups in total. The Morgan fingerprint density at radius 2 is 2.00 bits per heavy atom. The van der Waals surface area contributed by atoms with E-state index < -0.39 is 0 Å². The maximum atomic E-state index is 5.31. The number of rotatable bonds is 1. The second-order valence-corrected chi connectivity index (χ2v) is 5.44. The topological polar surface area (TPSA) is 33.3 Å². The third-order valence-corrected chi connectivity index (χ3v) is 4.28. The molecule has 1 fully saturated rings. The molecular weight excluding hydrogens is 224 g/mol. The first-order valence-electron chi connectivity index (χ1n) is 7.05. The molecule has 1 aromatic rings. The Morgan fingerprint density at radius 1 is 1.11 bits per heavy atom. The lowest BCUT2D eigenvalue weighted by molar-refractivity contribution is 0.415. The van der Waals surface area contributed by atoms with Gasteiger partial charge in [-0.3, -0.25) is 0 Å². The summed E-state index contributed by atoms with van der Waals surface area (Å²) in [6.45, 7) is 1.09. The van der Waals surface area contributed by atoms with E-state index in [2.05, 4.69) is 22.8 Å². The van der Waals surface area contributed by atoms with Gasteiger partial charge in [-0.25, -0.2) is 0 Å². The summed E-state index contributed by atoms with van der Waals surface area (Å²) in [5.74, 6) is 1.68. The summed E-state index contributed by atoms with van der Waals surface area (Å²) in [6.07, 6.45) is 6.76. The van der Waals surface area contributed by atoms with Gasteiger partial charge in [-0.2, -0.15) is 0 Å². The van der Waals surface area contributed by atoms with E-state index in [0.717, 1.165) is 18.2 Å². The van der Waals surface area contributed by atoms with Crippen LogP contribution >= 0.6 is 0 Å². The van der Waals surface area contributed by atoms with Crippen LogP contribution < -0.4 is 15.4 Å². The van der Waals surface area contributed by atoms with Crippen LogP contribution in [0.25, 0.3) is 0 Å². The highest BCUT2D eigenvalue weighted by Crippen LogP contribution is 2.35. The van der Waals surface area contributed by atoms with Crippen molar-refractivity contribution in [3.8, 4) is 5.75 Å². The van der Waals surface area contributed by atoms with Gasteiger partial charge < -0.3 is 15.4 Å². The molecule has 1 heterocycles. The van der Waals surface area contributed by atoms with Crippen LogP contribution in [0.3, 0.4) is 0 Å². The minimum Gasteiger partial charge on any atom is -0.497 e. The van der Waals surface area contributed by atoms with E-state index in [0.29, 0.717) is 6.04 Å². The Labute approximate surface area is 109 Å². The van der Waals surface area contributed by atoms with E-state index in [4.69, 9.17) is 4.74 Å². The van der Waals surface area contributed by atoms with Crippen LogP contribution in [-0.4, -0.2) is 19.7 Å². The van der Waals surface area contributed by atoms with Crippen LogP contribution in [0.2, 0.25) is 0 Å². The van der Waals surface area contributed by atoms with Crippen molar-refractivity contribution < 1.29 is 4.74 Å². The van der Waals surface area contributed by atoms with Gasteiger partial charge >= 0.3 is 0 Å². The van der Waals surface area contributed by atoms with Crippen LogP contribution in [0.4, 0.5) is 11.4 Å². The zero-order chi connectivity index (χ0) is 12.4. The fourth-order valence-corrected chi connectivity index (χ4v) is 3.18. The monoisotopic (exact) mass is 246 g/mol. The first-order chi connectivity index (χ1) is 8.86. The average molecular weight is 246 g/mol. The largest absolute Gasteiger partial charge is 0.497 e. The summed E-state index contributed by atoms with van der Waals surface area (Å²) < 4.78 is 5.31. The standard InChI is InChI=1S/C15H22N2O/c1-18-12-7-8-14-15(9-12)17-13-6-4-2-3-5-11(13)10-16-14/h7-9,11,13,16-17H,2-6,10H2,1H3. The van der Waals surface area contributed by atoms with Gasteiger partial charge in [0.2, 0.25) is 0 Å². The molecule has 0 spiro atoms. The van der Waals surface area contributed by atoms with Gasteiger partial charge in [-0.05, 0) is 30.9 Å². The van der Waals surface area contributed by atoms with Gasteiger partial charge in [0, 0.05) is 18.7 Å². The van der Waals surface area contributed by atoms with Crippen molar-refractivity contribution in [2.24, 2.45) is 5.92 Å². The molecule has 2 unspecified atom stereocenters. The lowest BCUT2D eigenvalue weighted by Gasteiger charge is -2.23. The minimum atomic E-state index is 0.619. The van der Waals surface area contributed by atoms with Crippen molar-refractivity contribution in [3.05, 3.63) is 18.2 Å². The number of benzene rings is 1. The Hall–Kier alpha value is -1.38. The molecule has 1 aliphatic heterocycles. The second kappa shape index (κ2) is 5.09. The van der Waals surface area contributed by atoms with E-state index >= 15 is 0 Å². The summed E-state index contributed by atoms with van der Waals surface area (Å²) in [7, 11) is 1.72. The van der Waals surface area contributed by atoms with Gasteiger partial charge in [0.15, 0.2) is 0 Å². The van der Waals surface area contributed by atoms with Crippen molar-refractivity contribution in [2.45, 2.75) is 38.1 Å². The Morgan fingerprint density at radius 3 is 2.89 bits per heavy atom. The molecule has 2 atom stereocenters. The molecule has 1 saturated carbocycles. The van der Waals surface area contributed by atoms with Crippen molar-refractivity contribution in [1.29, 1.82) is 0 Å². The maximum Gasteiger partial charge on any atom is 0.121 e. The fraction of sp³-hybridized carbons (Fsp3) is 0.600. The average Bonchev–Trinajstić information content (AvgIpc) is 2.70. The Bertz CT molecular complexity index is 419. The van der Waals surface area contributed by atoms with Crippen molar-refractivity contribution >= 4 is 11.4 Å². The molecule has 3 heteroatoms. The lowest BCUT2D eigenvalue weighted by Crippen LogP contribution is -2.30. The molecule has 1 aliphatic carbocycles. The van der Waals surface area contributed by atoms with Crippen molar-refractivity contribution in [2.75, 3.05) is 24.3 Å². The molecule has 0 saturated heterocycles. The predicted octanol–water partition coefficient (Wildman–Crippen LogP) is 3.48. The maximum absolute atomic E-state index is 5.31. The number of fused-ring (bicyclic) bond motifs is 2. The highest BCUT2D eigenvalue weighted by molar-refractivity contribution is 5.72. The molecule has 2 aliphatic rings. The molecule has 3 rings (SSSR count). The summed E-state index contributed by atoms with van der Waals surface area (Å²) >= 11 is 0. The molecule has 3 nitrogen and oxygen atoms in total. The SMILES string of the molecule is COc1ccc2c(c1)NC1CCCCCC1CN2. The van der Waals surface area contributed by atoms with E-state index in [1.165, 1.54) is 43.5 Å². The summed E-state index contributed by atoms with van der Waals surface area (Å²) in [5, 5.41) is 7.32. The molecule has 0 radical (unpaired) electrons. The number of hydrogen-bond donors (Lipinski definition) is 2. The molecule has 0 aromatic heterocycles. The smallest absolute Gasteiger partial charge is 0.121 e. The zero-order valence-corrected chi connectivity index (χ0v) is 11.0. The molecule has 18 heavy (non-hydrogen) atoms. The fourth-order valence-electron chi connectivity index (χ4n) is 3.18. The first kappa shape index (κ1) is 11.7. The number of ether oxygens (including phenoxy) is 1.